The number of esters is 1. The van der Waals surface area contributed by atoms with Gasteiger partial charge in [0.2, 0.25) is 0 Å². The predicted molar refractivity (Wildman–Crippen MR) is 133 cm³/mol. The Labute approximate surface area is 197 Å². The molecule has 3 heteroatoms. The van der Waals surface area contributed by atoms with E-state index in [-0.39, 0.29) is 11.9 Å². The van der Waals surface area contributed by atoms with E-state index in [2.05, 4.69) is 61.5 Å². The summed E-state index contributed by atoms with van der Waals surface area (Å²) in [5.74, 6) is 2.29. The first kappa shape index (κ1) is 23.1. The molecule has 33 heavy (non-hydrogen) atoms. The number of carbonyl (C=O) groups excluding carboxylic acids is 1. The number of benzene rings is 3. The van der Waals surface area contributed by atoms with Crippen molar-refractivity contribution in [3.8, 4) is 11.5 Å². The predicted octanol–water partition coefficient (Wildman–Crippen LogP) is 7.31. The van der Waals surface area contributed by atoms with Crippen LogP contribution in [-0.2, 0) is 11.2 Å². The maximum Gasteiger partial charge on any atom is 0.314 e. The van der Waals surface area contributed by atoms with E-state index in [1.54, 1.807) is 12.1 Å². The van der Waals surface area contributed by atoms with Crippen molar-refractivity contribution in [2.45, 2.75) is 57.8 Å². The van der Waals surface area contributed by atoms with Gasteiger partial charge in [-0.25, -0.2) is 0 Å². The van der Waals surface area contributed by atoms with Gasteiger partial charge in [-0.05, 0) is 91.8 Å². The third-order valence-corrected chi connectivity index (χ3v) is 6.78. The Morgan fingerprint density at radius 1 is 0.848 bits per heavy atom. The van der Waals surface area contributed by atoms with E-state index >= 15 is 0 Å². The van der Waals surface area contributed by atoms with Gasteiger partial charge < -0.3 is 9.47 Å². The SMILES string of the molecule is CCOc1ccc(OC(=O)C2CCC(c3ccc(C[C@H](C)c4ccccc4)cc3)CC2)cc1. The van der Waals surface area contributed by atoms with E-state index in [0.29, 0.717) is 24.2 Å². The second-order valence-corrected chi connectivity index (χ2v) is 9.13. The zero-order valence-corrected chi connectivity index (χ0v) is 19.7. The topological polar surface area (TPSA) is 35.5 Å². The fourth-order valence-corrected chi connectivity index (χ4v) is 4.81. The molecule has 0 spiro atoms. The van der Waals surface area contributed by atoms with Crippen LogP contribution in [-0.4, -0.2) is 12.6 Å². The summed E-state index contributed by atoms with van der Waals surface area (Å²) >= 11 is 0. The number of ether oxygens (including phenoxy) is 2. The Balaban J connectivity index is 1.26. The van der Waals surface area contributed by atoms with Crippen LogP contribution in [0.15, 0.2) is 78.9 Å². The molecule has 0 unspecified atom stereocenters. The number of hydrogen-bond donors (Lipinski definition) is 0. The molecule has 1 saturated carbocycles. The highest BCUT2D eigenvalue weighted by Crippen LogP contribution is 2.37. The van der Waals surface area contributed by atoms with E-state index in [1.807, 2.05) is 19.1 Å². The summed E-state index contributed by atoms with van der Waals surface area (Å²) in [5, 5.41) is 0. The first-order valence-electron chi connectivity index (χ1n) is 12.2. The van der Waals surface area contributed by atoms with Crippen molar-refractivity contribution >= 4 is 5.97 Å². The lowest BCUT2D eigenvalue weighted by atomic mass is 9.78. The summed E-state index contributed by atoms with van der Waals surface area (Å²) in [6, 6.07) is 27.1. The maximum absolute atomic E-state index is 12.6. The Hall–Kier alpha value is -3.07. The minimum Gasteiger partial charge on any atom is -0.494 e. The van der Waals surface area contributed by atoms with Crippen molar-refractivity contribution in [2.24, 2.45) is 5.92 Å². The number of hydrogen-bond acceptors (Lipinski definition) is 3. The number of rotatable bonds is 8. The highest BCUT2D eigenvalue weighted by atomic mass is 16.5. The van der Waals surface area contributed by atoms with Crippen molar-refractivity contribution < 1.29 is 14.3 Å². The van der Waals surface area contributed by atoms with E-state index in [9.17, 15) is 4.79 Å². The fourth-order valence-electron chi connectivity index (χ4n) is 4.81. The lowest BCUT2D eigenvalue weighted by Gasteiger charge is -2.27. The molecule has 0 aliphatic heterocycles. The Morgan fingerprint density at radius 3 is 2.12 bits per heavy atom. The van der Waals surface area contributed by atoms with Crippen LogP contribution >= 0.6 is 0 Å². The minimum atomic E-state index is -0.108. The highest BCUT2D eigenvalue weighted by molar-refractivity contribution is 5.75. The molecule has 0 bridgehead atoms. The van der Waals surface area contributed by atoms with Crippen molar-refractivity contribution in [3.05, 3.63) is 95.6 Å². The summed E-state index contributed by atoms with van der Waals surface area (Å²) in [7, 11) is 0. The molecule has 1 aliphatic carbocycles. The molecule has 3 aromatic rings. The molecular weight excluding hydrogens is 408 g/mol. The maximum atomic E-state index is 12.6. The van der Waals surface area contributed by atoms with E-state index < -0.39 is 0 Å². The molecule has 0 radical (unpaired) electrons. The Kier molecular flexibility index (Phi) is 7.83. The van der Waals surface area contributed by atoms with Crippen molar-refractivity contribution in [3.63, 3.8) is 0 Å². The Morgan fingerprint density at radius 2 is 1.48 bits per heavy atom. The van der Waals surface area contributed by atoms with Crippen LogP contribution in [0.3, 0.4) is 0 Å². The van der Waals surface area contributed by atoms with Crippen LogP contribution in [0.25, 0.3) is 0 Å². The van der Waals surface area contributed by atoms with Gasteiger partial charge in [0, 0.05) is 0 Å². The molecule has 4 rings (SSSR count). The summed E-state index contributed by atoms with van der Waals surface area (Å²) in [6.45, 7) is 4.86. The molecule has 0 amide bonds. The molecule has 1 aliphatic rings. The summed E-state index contributed by atoms with van der Waals surface area (Å²) in [5.41, 5.74) is 4.16. The lowest BCUT2D eigenvalue weighted by molar-refractivity contribution is -0.140. The zero-order valence-electron chi connectivity index (χ0n) is 19.7. The Bertz CT molecular complexity index is 1000. The molecule has 3 nitrogen and oxygen atoms in total. The smallest absolute Gasteiger partial charge is 0.314 e. The monoisotopic (exact) mass is 442 g/mol. The van der Waals surface area contributed by atoms with Gasteiger partial charge in [-0.2, -0.15) is 0 Å². The van der Waals surface area contributed by atoms with Gasteiger partial charge in [0.1, 0.15) is 11.5 Å². The molecular formula is C30H34O3. The molecule has 0 N–H and O–H groups in total. The van der Waals surface area contributed by atoms with Crippen LogP contribution in [0.5, 0.6) is 11.5 Å². The fraction of sp³-hybridized carbons (Fsp3) is 0.367. The molecule has 1 atom stereocenters. The standard InChI is InChI=1S/C30H34O3/c1-3-32-28-17-19-29(20-18-28)33-30(31)27-15-13-26(14-16-27)25-11-9-23(10-12-25)21-22(2)24-7-5-4-6-8-24/h4-12,17-20,22,26-27H,3,13-16,21H2,1-2H3/t22-,26?,27?/m0/s1. The molecule has 172 valence electrons. The number of carbonyl (C=O) groups is 1. The average molecular weight is 443 g/mol. The largest absolute Gasteiger partial charge is 0.494 e. The molecule has 0 saturated heterocycles. The van der Waals surface area contributed by atoms with E-state index in [1.165, 1.54) is 16.7 Å². The molecule has 1 fully saturated rings. The third kappa shape index (κ3) is 6.25. The van der Waals surface area contributed by atoms with Crippen molar-refractivity contribution in [1.29, 1.82) is 0 Å². The first-order chi connectivity index (χ1) is 16.1. The summed E-state index contributed by atoms with van der Waals surface area (Å²) < 4.78 is 11.1. The van der Waals surface area contributed by atoms with Crippen molar-refractivity contribution in [1.82, 2.24) is 0 Å². The normalized spacial score (nSPS) is 19.0. The summed E-state index contributed by atoms with van der Waals surface area (Å²) in [6.07, 6.45) is 4.88. The summed E-state index contributed by atoms with van der Waals surface area (Å²) in [4.78, 5) is 12.6. The van der Waals surface area contributed by atoms with Gasteiger partial charge >= 0.3 is 5.97 Å². The van der Waals surface area contributed by atoms with Crippen LogP contribution in [0.1, 0.15) is 68.1 Å². The van der Waals surface area contributed by atoms with Crippen LogP contribution in [0.4, 0.5) is 0 Å². The molecule has 0 aromatic heterocycles. The van der Waals surface area contributed by atoms with E-state index in [0.717, 1.165) is 37.9 Å². The average Bonchev–Trinajstić information content (AvgIpc) is 2.86. The van der Waals surface area contributed by atoms with Gasteiger partial charge in [-0.1, -0.05) is 61.5 Å². The molecule has 3 aromatic carbocycles. The minimum absolute atomic E-state index is 0.0150. The second-order valence-electron chi connectivity index (χ2n) is 9.13. The van der Waals surface area contributed by atoms with Gasteiger partial charge in [0.05, 0.1) is 12.5 Å². The van der Waals surface area contributed by atoms with Gasteiger partial charge in [0.15, 0.2) is 0 Å². The lowest BCUT2D eigenvalue weighted by Crippen LogP contribution is -2.25. The second kappa shape index (κ2) is 11.2. The zero-order chi connectivity index (χ0) is 23.0. The quantitative estimate of drug-likeness (QED) is 0.271. The van der Waals surface area contributed by atoms with E-state index in [4.69, 9.17) is 9.47 Å². The highest BCUT2D eigenvalue weighted by Gasteiger charge is 2.28. The van der Waals surface area contributed by atoms with Crippen LogP contribution < -0.4 is 9.47 Å². The first-order valence-corrected chi connectivity index (χ1v) is 12.2. The van der Waals surface area contributed by atoms with Crippen LogP contribution in [0, 0.1) is 5.92 Å². The van der Waals surface area contributed by atoms with Crippen LogP contribution in [0.2, 0.25) is 0 Å². The third-order valence-electron chi connectivity index (χ3n) is 6.78. The van der Waals surface area contributed by atoms with Gasteiger partial charge in [-0.3, -0.25) is 4.79 Å². The van der Waals surface area contributed by atoms with Crippen molar-refractivity contribution in [2.75, 3.05) is 6.61 Å². The molecule has 0 heterocycles. The van der Waals surface area contributed by atoms with Gasteiger partial charge in [0.25, 0.3) is 0 Å². The van der Waals surface area contributed by atoms with Gasteiger partial charge in [-0.15, -0.1) is 0 Å².